The van der Waals surface area contributed by atoms with Crippen LogP contribution in [0, 0.1) is 5.41 Å². The Kier molecular flexibility index (Phi) is 4.23. The Labute approximate surface area is 119 Å². The Morgan fingerprint density at radius 1 is 1.50 bits per heavy atom. The molecule has 0 unspecified atom stereocenters. The first kappa shape index (κ1) is 14.7. The maximum absolute atomic E-state index is 12.3. The van der Waals surface area contributed by atoms with Crippen LogP contribution in [0.4, 0.5) is 5.69 Å². The first-order chi connectivity index (χ1) is 9.51. The highest BCUT2D eigenvalue weighted by Gasteiger charge is 2.40. The lowest BCUT2D eigenvalue weighted by Crippen LogP contribution is -2.32. The third-order valence-corrected chi connectivity index (χ3v) is 4.03. The van der Waals surface area contributed by atoms with Gasteiger partial charge in [-0.2, -0.15) is 0 Å². The molecule has 0 bridgehead atoms. The van der Waals surface area contributed by atoms with Gasteiger partial charge < -0.3 is 10.7 Å². The quantitative estimate of drug-likeness (QED) is 0.544. The minimum atomic E-state index is -0.193. The molecule has 4 N–H and O–H groups in total. The van der Waals surface area contributed by atoms with Crippen LogP contribution >= 0.6 is 0 Å². The molecule has 1 aromatic heterocycles. The molecule has 1 saturated carbocycles. The molecule has 1 aromatic rings. The first-order valence-electron chi connectivity index (χ1n) is 7.13. The van der Waals surface area contributed by atoms with Crippen molar-refractivity contribution >= 4 is 11.6 Å². The number of aromatic nitrogens is 2. The summed E-state index contributed by atoms with van der Waals surface area (Å²) in [5, 5.41) is 2.97. The summed E-state index contributed by atoms with van der Waals surface area (Å²) < 4.78 is 0. The minimum Gasteiger partial charge on any atom is -0.350 e. The van der Waals surface area contributed by atoms with Crippen LogP contribution in [0.15, 0.2) is 6.20 Å². The molecule has 20 heavy (non-hydrogen) atoms. The number of hydrogen-bond donors (Lipinski definition) is 3. The lowest BCUT2D eigenvalue weighted by Gasteiger charge is -2.15. The van der Waals surface area contributed by atoms with Gasteiger partial charge in [-0.25, -0.2) is 9.97 Å². The molecule has 0 atom stereocenters. The number of hydrazine groups is 1. The van der Waals surface area contributed by atoms with Crippen LogP contribution in [0.2, 0.25) is 0 Å². The van der Waals surface area contributed by atoms with Gasteiger partial charge in [-0.05, 0) is 24.7 Å². The molecule has 6 heteroatoms. The highest BCUT2D eigenvalue weighted by molar-refractivity contribution is 5.97. The summed E-state index contributed by atoms with van der Waals surface area (Å²) in [6, 6.07) is 0. The van der Waals surface area contributed by atoms with Crippen molar-refractivity contribution in [1.82, 2.24) is 15.3 Å². The van der Waals surface area contributed by atoms with Crippen molar-refractivity contribution in [3.05, 3.63) is 17.7 Å². The number of amides is 1. The fourth-order valence-corrected chi connectivity index (χ4v) is 2.14. The van der Waals surface area contributed by atoms with E-state index in [4.69, 9.17) is 5.84 Å². The van der Waals surface area contributed by atoms with Crippen molar-refractivity contribution in [3.8, 4) is 0 Å². The second-order valence-corrected chi connectivity index (χ2v) is 5.83. The van der Waals surface area contributed by atoms with Crippen molar-refractivity contribution in [3.63, 3.8) is 0 Å². The molecule has 0 aromatic carbocycles. The fraction of sp³-hybridized carbons (Fsp3) is 0.643. The van der Waals surface area contributed by atoms with Crippen molar-refractivity contribution in [2.45, 2.75) is 46.0 Å². The molecule has 2 rings (SSSR count). The van der Waals surface area contributed by atoms with Gasteiger partial charge in [0.15, 0.2) is 5.69 Å². The zero-order valence-electron chi connectivity index (χ0n) is 12.4. The smallest absolute Gasteiger partial charge is 0.272 e. The average molecular weight is 277 g/mol. The van der Waals surface area contributed by atoms with E-state index in [1.807, 2.05) is 13.8 Å². The second kappa shape index (κ2) is 5.75. The van der Waals surface area contributed by atoms with Gasteiger partial charge >= 0.3 is 0 Å². The maximum Gasteiger partial charge on any atom is 0.272 e. The average Bonchev–Trinajstić information content (AvgIpc) is 3.24. The third-order valence-electron chi connectivity index (χ3n) is 4.03. The van der Waals surface area contributed by atoms with Gasteiger partial charge in [0, 0.05) is 12.5 Å². The van der Waals surface area contributed by atoms with Crippen molar-refractivity contribution in [2.75, 3.05) is 12.0 Å². The lowest BCUT2D eigenvalue weighted by molar-refractivity contribution is 0.0939. The zero-order chi connectivity index (χ0) is 14.8. The molecule has 1 fully saturated rings. The lowest BCUT2D eigenvalue weighted by atomic mass is 10.0. The summed E-state index contributed by atoms with van der Waals surface area (Å²) >= 11 is 0. The number of carbonyl (C=O) groups excluding carboxylic acids is 1. The van der Waals surface area contributed by atoms with E-state index in [2.05, 4.69) is 27.6 Å². The largest absolute Gasteiger partial charge is 0.350 e. The van der Waals surface area contributed by atoms with E-state index in [0.29, 0.717) is 29.2 Å². The Hall–Kier alpha value is -1.69. The molecule has 110 valence electrons. The van der Waals surface area contributed by atoms with Crippen LogP contribution in [0.3, 0.4) is 0 Å². The fourth-order valence-electron chi connectivity index (χ4n) is 2.14. The molecule has 0 aliphatic heterocycles. The van der Waals surface area contributed by atoms with Gasteiger partial charge in [0.25, 0.3) is 5.91 Å². The molecule has 0 saturated heterocycles. The van der Waals surface area contributed by atoms with Gasteiger partial charge in [-0.15, -0.1) is 0 Å². The topological polar surface area (TPSA) is 92.9 Å². The van der Waals surface area contributed by atoms with Gasteiger partial charge in [0.05, 0.1) is 11.9 Å². The Morgan fingerprint density at radius 2 is 2.20 bits per heavy atom. The van der Waals surface area contributed by atoms with Crippen LogP contribution in [-0.2, 0) is 0 Å². The predicted octanol–water partition coefficient (Wildman–Crippen LogP) is 1.81. The number of nitrogens with two attached hydrogens (primary N) is 1. The van der Waals surface area contributed by atoms with Crippen LogP contribution < -0.4 is 16.6 Å². The summed E-state index contributed by atoms with van der Waals surface area (Å²) in [6.07, 6.45) is 5.03. The number of nitrogens with zero attached hydrogens (tertiary/aromatic N) is 2. The highest BCUT2D eigenvalue weighted by atomic mass is 16.1. The van der Waals surface area contributed by atoms with Gasteiger partial charge in [0.1, 0.15) is 5.82 Å². The molecule has 0 spiro atoms. The van der Waals surface area contributed by atoms with Crippen LogP contribution in [-0.4, -0.2) is 22.4 Å². The van der Waals surface area contributed by atoms with E-state index in [-0.39, 0.29) is 11.8 Å². The van der Waals surface area contributed by atoms with E-state index < -0.39 is 0 Å². The Bertz CT molecular complexity index is 496. The standard InChI is InChI=1S/C14H23N5O/c1-4-14(5-6-14)8-17-13(20)11-10(19-15)7-16-12(18-11)9(2)3/h7,9,19H,4-6,8,15H2,1-3H3,(H,17,20). The first-order valence-corrected chi connectivity index (χ1v) is 7.13. The minimum absolute atomic E-state index is 0.166. The molecule has 1 aliphatic carbocycles. The number of hydrogen-bond acceptors (Lipinski definition) is 5. The zero-order valence-corrected chi connectivity index (χ0v) is 12.4. The summed E-state index contributed by atoms with van der Waals surface area (Å²) in [5.74, 6) is 6.04. The Balaban J connectivity index is 2.12. The predicted molar refractivity (Wildman–Crippen MR) is 78.2 cm³/mol. The summed E-state index contributed by atoms with van der Waals surface area (Å²) in [7, 11) is 0. The molecule has 1 aliphatic rings. The van der Waals surface area contributed by atoms with Crippen molar-refractivity contribution < 1.29 is 4.79 Å². The highest BCUT2D eigenvalue weighted by Crippen LogP contribution is 2.47. The molecule has 6 nitrogen and oxygen atoms in total. The molecule has 0 radical (unpaired) electrons. The van der Waals surface area contributed by atoms with Crippen LogP contribution in [0.25, 0.3) is 0 Å². The summed E-state index contributed by atoms with van der Waals surface area (Å²) in [4.78, 5) is 20.8. The second-order valence-electron chi connectivity index (χ2n) is 5.83. The number of nitrogen functional groups attached to an aromatic ring is 1. The molecular weight excluding hydrogens is 254 g/mol. The number of rotatable bonds is 6. The van der Waals surface area contributed by atoms with Crippen LogP contribution in [0.5, 0.6) is 0 Å². The van der Waals surface area contributed by atoms with Gasteiger partial charge in [-0.1, -0.05) is 20.8 Å². The number of carbonyl (C=O) groups is 1. The maximum atomic E-state index is 12.3. The van der Waals surface area contributed by atoms with Crippen LogP contribution in [0.1, 0.15) is 62.3 Å². The third kappa shape index (κ3) is 3.07. The molecular formula is C14H23N5O. The van der Waals surface area contributed by atoms with Gasteiger partial charge in [-0.3, -0.25) is 10.6 Å². The molecule has 1 heterocycles. The van der Waals surface area contributed by atoms with Crippen molar-refractivity contribution in [1.29, 1.82) is 0 Å². The Morgan fingerprint density at radius 3 is 2.70 bits per heavy atom. The number of nitrogens with one attached hydrogen (secondary N) is 2. The summed E-state index contributed by atoms with van der Waals surface area (Å²) in [6.45, 7) is 6.84. The SMILES string of the molecule is CCC1(CNC(=O)c2nc(C(C)C)ncc2NN)CC1. The van der Waals surface area contributed by atoms with E-state index in [9.17, 15) is 4.79 Å². The van der Waals surface area contributed by atoms with E-state index in [1.165, 1.54) is 12.8 Å². The van der Waals surface area contributed by atoms with E-state index in [0.717, 1.165) is 6.42 Å². The van der Waals surface area contributed by atoms with E-state index in [1.54, 1.807) is 6.20 Å². The van der Waals surface area contributed by atoms with E-state index >= 15 is 0 Å². The normalized spacial score (nSPS) is 16.1. The number of anilines is 1. The van der Waals surface area contributed by atoms with Crippen molar-refractivity contribution in [2.24, 2.45) is 11.3 Å². The summed E-state index contributed by atoms with van der Waals surface area (Å²) in [5.41, 5.74) is 3.56. The monoisotopic (exact) mass is 277 g/mol. The van der Waals surface area contributed by atoms with Gasteiger partial charge in [0.2, 0.25) is 0 Å². The molecule has 1 amide bonds.